The summed E-state index contributed by atoms with van der Waals surface area (Å²) in [6, 6.07) is 17.6. The molecule has 1 aromatic heterocycles. The van der Waals surface area contributed by atoms with Gasteiger partial charge >= 0.3 is 0 Å². The second-order valence-electron chi connectivity index (χ2n) is 7.48. The predicted molar refractivity (Wildman–Crippen MR) is 135 cm³/mol. The molecule has 1 aliphatic rings. The number of hydrogen-bond donors (Lipinski definition) is 0. The molecule has 4 rings (SSSR count). The van der Waals surface area contributed by atoms with Crippen molar-refractivity contribution in [1.29, 1.82) is 0 Å². The summed E-state index contributed by atoms with van der Waals surface area (Å²) < 4.78 is 8.00. The fourth-order valence-corrected chi connectivity index (χ4v) is 4.88. The Hall–Kier alpha value is -3.16. The Kier molecular flexibility index (Phi) is 6.58. The minimum absolute atomic E-state index is 0.0167. The number of para-hydroxylation sites is 1. The summed E-state index contributed by atoms with van der Waals surface area (Å²) >= 11 is 6.76. The van der Waals surface area contributed by atoms with Gasteiger partial charge in [-0.1, -0.05) is 54.8 Å². The van der Waals surface area contributed by atoms with Gasteiger partial charge in [-0.15, -0.1) is 0 Å². The lowest BCUT2D eigenvalue weighted by Crippen LogP contribution is -2.34. The highest BCUT2D eigenvalue weighted by Crippen LogP contribution is 2.36. The normalized spacial score (nSPS) is 15.1. The van der Waals surface area contributed by atoms with Gasteiger partial charge < -0.3 is 4.74 Å². The number of benzene rings is 2. The number of thioether (sulfide) groups is 1. The Balaban J connectivity index is 1.76. The van der Waals surface area contributed by atoms with Gasteiger partial charge in [0.1, 0.15) is 16.7 Å². The molecule has 0 aliphatic carbocycles. The summed E-state index contributed by atoms with van der Waals surface area (Å²) in [6.45, 7) is 8.05. The largest absolute Gasteiger partial charge is 0.490 e. The van der Waals surface area contributed by atoms with Crippen LogP contribution in [0.1, 0.15) is 19.4 Å². The lowest BCUT2D eigenvalue weighted by atomic mass is 10.1. The van der Waals surface area contributed by atoms with Crippen molar-refractivity contribution in [2.24, 2.45) is 0 Å². The third-order valence-corrected chi connectivity index (χ3v) is 6.22. The highest BCUT2D eigenvalue weighted by atomic mass is 32.2. The van der Waals surface area contributed by atoms with Crippen molar-refractivity contribution < 1.29 is 9.53 Å². The number of amides is 1. The quantitative estimate of drug-likeness (QED) is 0.256. The van der Waals surface area contributed by atoms with Gasteiger partial charge in [0.2, 0.25) is 0 Å². The first-order chi connectivity index (χ1) is 15.5. The second kappa shape index (κ2) is 9.54. The van der Waals surface area contributed by atoms with E-state index in [0.717, 1.165) is 28.3 Å². The standard InChI is InChI=1S/C25H23N3O2S2/c1-4-14-30-21-12-10-18(11-13-21)23-19(16-27(26-23)20-8-6-5-7-9-20)15-22-24(29)28(17(2)3)25(31)32-22/h4-13,15-17H,1,14H2,2-3H3/b22-15-. The zero-order chi connectivity index (χ0) is 22.7. The molecular formula is C25H23N3O2S2. The highest BCUT2D eigenvalue weighted by molar-refractivity contribution is 8.26. The maximum Gasteiger partial charge on any atom is 0.266 e. The van der Waals surface area contributed by atoms with E-state index in [0.29, 0.717) is 15.8 Å². The number of carbonyl (C=O) groups excluding carboxylic acids is 1. The third-order valence-electron chi connectivity index (χ3n) is 4.89. The molecule has 0 saturated carbocycles. The molecule has 162 valence electrons. The van der Waals surface area contributed by atoms with Crippen LogP contribution < -0.4 is 4.74 Å². The Morgan fingerprint density at radius 2 is 1.88 bits per heavy atom. The van der Waals surface area contributed by atoms with Crippen LogP contribution in [-0.4, -0.2) is 37.6 Å². The predicted octanol–water partition coefficient (Wildman–Crippen LogP) is 5.71. The Morgan fingerprint density at radius 1 is 1.16 bits per heavy atom. The molecule has 2 heterocycles. The SMILES string of the molecule is C=CCOc1ccc(-c2nn(-c3ccccc3)cc2/C=C2\SC(=S)N(C(C)C)C2=O)cc1. The molecule has 0 atom stereocenters. The molecule has 1 amide bonds. The van der Waals surface area contributed by atoms with Crippen LogP contribution in [0, 0.1) is 0 Å². The van der Waals surface area contributed by atoms with Crippen molar-refractivity contribution in [1.82, 2.24) is 14.7 Å². The van der Waals surface area contributed by atoms with E-state index in [-0.39, 0.29) is 11.9 Å². The fourth-order valence-electron chi connectivity index (χ4n) is 3.36. The Bertz CT molecular complexity index is 1180. The molecule has 32 heavy (non-hydrogen) atoms. The monoisotopic (exact) mass is 461 g/mol. The van der Waals surface area contributed by atoms with E-state index in [4.69, 9.17) is 22.1 Å². The molecule has 5 nitrogen and oxygen atoms in total. The maximum atomic E-state index is 12.9. The zero-order valence-electron chi connectivity index (χ0n) is 17.9. The first-order valence-corrected chi connectivity index (χ1v) is 11.5. The molecule has 1 fully saturated rings. The maximum absolute atomic E-state index is 12.9. The van der Waals surface area contributed by atoms with Gasteiger partial charge in [-0.05, 0) is 56.3 Å². The Morgan fingerprint density at radius 3 is 2.50 bits per heavy atom. The molecule has 0 spiro atoms. The van der Waals surface area contributed by atoms with Crippen LogP contribution in [0.3, 0.4) is 0 Å². The van der Waals surface area contributed by atoms with Crippen LogP contribution >= 0.6 is 24.0 Å². The van der Waals surface area contributed by atoms with E-state index in [9.17, 15) is 4.79 Å². The smallest absolute Gasteiger partial charge is 0.266 e. The minimum Gasteiger partial charge on any atom is -0.490 e. The van der Waals surface area contributed by atoms with Gasteiger partial charge in [-0.3, -0.25) is 9.69 Å². The summed E-state index contributed by atoms with van der Waals surface area (Å²) in [7, 11) is 0. The number of nitrogens with zero attached hydrogens (tertiary/aromatic N) is 3. The second-order valence-corrected chi connectivity index (χ2v) is 9.16. The summed E-state index contributed by atoms with van der Waals surface area (Å²) in [5.41, 5.74) is 3.49. The van der Waals surface area contributed by atoms with Crippen molar-refractivity contribution in [2.75, 3.05) is 6.61 Å². The van der Waals surface area contributed by atoms with Crippen molar-refractivity contribution in [3.05, 3.63) is 83.9 Å². The van der Waals surface area contributed by atoms with E-state index < -0.39 is 0 Å². The van der Waals surface area contributed by atoms with Crippen LogP contribution in [0.4, 0.5) is 0 Å². The molecule has 0 unspecified atom stereocenters. The number of thiocarbonyl (C=S) groups is 1. The van der Waals surface area contributed by atoms with E-state index in [1.165, 1.54) is 11.8 Å². The molecule has 0 bridgehead atoms. The molecule has 0 radical (unpaired) electrons. The number of hydrogen-bond acceptors (Lipinski definition) is 5. The van der Waals surface area contributed by atoms with Gasteiger partial charge in [-0.2, -0.15) is 5.10 Å². The van der Waals surface area contributed by atoms with Crippen LogP contribution in [0.2, 0.25) is 0 Å². The molecular weight excluding hydrogens is 438 g/mol. The number of aromatic nitrogens is 2. The molecule has 0 N–H and O–H groups in total. The van der Waals surface area contributed by atoms with Crippen LogP contribution in [-0.2, 0) is 4.79 Å². The molecule has 3 aromatic rings. The first kappa shape index (κ1) is 22.0. The summed E-state index contributed by atoms with van der Waals surface area (Å²) in [5, 5.41) is 4.83. The molecule has 1 aliphatic heterocycles. The molecule has 7 heteroatoms. The van der Waals surface area contributed by atoms with Gasteiger partial charge in [0, 0.05) is 23.4 Å². The van der Waals surface area contributed by atoms with E-state index in [1.807, 2.05) is 85.4 Å². The van der Waals surface area contributed by atoms with Crippen LogP contribution in [0.25, 0.3) is 23.0 Å². The lowest BCUT2D eigenvalue weighted by Gasteiger charge is -2.18. The summed E-state index contributed by atoms with van der Waals surface area (Å²) in [6.07, 6.45) is 5.53. The van der Waals surface area contributed by atoms with Crippen LogP contribution in [0.5, 0.6) is 5.75 Å². The lowest BCUT2D eigenvalue weighted by molar-refractivity contribution is -0.123. The average Bonchev–Trinajstić information content (AvgIpc) is 3.34. The van der Waals surface area contributed by atoms with Gasteiger partial charge in [-0.25, -0.2) is 4.68 Å². The van der Waals surface area contributed by atoms with E-state index in [2.05, 4.69) is 6.58 Å². The van der Waals surface area contributed by atoms with Gasteiger partial charge in [0.15, 0.2) is 0 Å². The van der Waals surface area contributed by atoms with Crippen LogP contribution in [0.15, 0.2) is 78.4 Å². The summed E-state index contributed by atoms with van der Waals surface area (Å²) in [4.78, 5) is 15.2. The van der Waals surface area contributed by atoms with E-state index >= 15 is 0 Å². The average molecular weight is 462 g/mol. The third kappa shape index (κ3) is 4.54. The summed E-state index contributed by atoms with van der Waals surface area (Å²) in [5.74, 6) is 0.692. The Labute approximate surface area is 197 Å². The molecule has 1 saturated heterocycles. The number of rotatable bonds is 7. The fraction of sp³-hybridized carbons (Fsp3) is 0.160. The highest BCUT2D eigenvalue weighted by Gasteiger charge is 2.34. The minimum atomic E-state index is -0.0680. The van der Waals surface area contributed by atoms with Gasteiger partial charge in [0.25, 0.3) is 5.91 Å². The van der Waals surface area contributed by atoms with E-state index in [1.54, 1.807) is 11.0 Å². The topological polar surface area (TPSA) is 47.4 Å². The van der Waals surface area contributed by atoms with Crippen molar-refractivity contribution in [3.8, 4) is 22.7 Å². The number of carbonyl (C=O) groups is 1. The molecule has 2 aromatic carbocycles. The first-order valence-electron chi connectivity index (χ1n) is 10.2. The zero-order valence-corrected chi connectivity index (χ0v) is 19.5. The van der Waals surface area contributed by atoms with Crippen molar-refractivity contribution >= 4 is 40.3 Å². The van der Waals surface area contributed by atoms with Crippen molar-refractivity contribution in [3.63, 3.8) is 0 Å². The number of ether oxygens (including phenoxy) is 1. The van der Waals surface area contributed by atoms with Crippen molar-refractivity contribution in [2.45, 2.75) is 19.9 Å². The van der Waals surface area contributed by atoms with Gasteiger partial charge in [0.05, 0.1) is 16.3 Å².